The maximum absolute atomic E-state index is 12.8. The quantitative estimate of drug-likeness (QED) is 0.399. The fourth-order valence-electron chi connectivity index (χ4n) is 3.16. The van der Waals surface area contributed by atoms with Crippen LogP contribution in [0.3, 0.4) is 0 Å². The molecule has 0 aromatic heterocycles. The van der Waals surface area contributed by atoms with Gasteiger partial charge in [0.1, 0.15) is 0 Å². The molecule has 1 aliphatic rings. The second-order valence-corrected chi connectivity index (χ2v) is 8.56. The van der Waals surface area contributed by atoms with Crippen molar-refractivity contribution in [1.82, 2.24) is 9.21 Å². The van der Waals surface area contributed by atoms with Crippen molar-refractivity contribution in [3.63, 3.8) is 0 Å². The lowest BCUT2D eigenvalue weighted by molar-refractivity contribution is -0.385. The Morgan fingerprint density at radius 3 is 2.34 bits per heavy atom. The minimum Gasteiger partial charge on any atom is -0.465 e. The maximum atomic E-state index is 12.8. The van der Waals surface area contributed by atoms with Crippen LogP contribution in [-0.4, -0.2) is 61.8 Å². The maximum Gasteiger partial charge on any atom is 0.337 e. The molecule has 10 heteroatoms. The normalized spacial score (nSPS) is 15.8. The van der Waals surface area contributed by atoms with Gasteiger partial charge in [0.25, 0.3) is 5.69 Å². The molecule has 0 aliphatic carbocycles. The van der Waals surface area contributed by atoms with E-state index >= 15 is 0 Å². The van der Waals surface area contributed by atoms with Gasteiger partial charge in [0.15, 0.2) is 0 Å². The summed E-state index contributed by atoms with van der Waals surface area (Å²) in [5, 5.41) is 10.9. The van der Waals surface area contributed by atoms with Crippen molar-refractivity contribution in [2.75, 3.05) is 33.3 Å². The van der Waals surface area contributed by atoms with Crippen LogP contribution in [0.4, 0.5) is 5.69 Å². The number of carbonyl (C=O) groups excluding carboxylic acids is 1. The van der Waals surface area contributed by atoms with Crippen LogP contribution in [-0.2, 0) is 21.3 Å². The summed E-state index contributed by atoms with van der Waals surface area (Å²) >= 11 is 0. The zero-order valence-corrected chi connectivity index (χ0v) is 16.7. The van der Waals surface area contributed by atoms with E-state index in [2.05, 4.69) is 9.64 Å². The van der Waals surface area contributed by atoms with E-state index in [4.69, 9.17) is 0 Å². The number of esters is 1. The number of nitro groups is 1. The number of hydrogen-bond donors (Lipinski definition) is 0. The fraction of sp³-hybridized carbons (Fsp3) is 0.316. The Bertz CT molecular complexity index is 999. The van der Waals surface area contributed by atoms with Gasteiger partial charge in [0.05, 0.1) is 22.5 Å². The summed E-state index contributed by atoms with van der Waals surface area (Å²) in [7, 11) is -2.45. The van der Waals surface area contributed by atoms with Gasteiger partial charge in [-0.05, 0) is 23.8 Å². The molecule has 0 unspecified atom stereocenters. The summed E-state index contributed by atoms with van der Waals surface area (Å²) in [6.45, 7) is 2.29. The van der Waals surface area contributed by atoms with Crippen LogP contribution in [0.1, 0.15) is 15.9 Å². The van der Waals surface area contributed by atoms with E-state index in [0.29, 0.717) is 38.3 Å². The fourth-order valence-corrected chi connectivity index (χ4v) is 4.62. The molecule has 1 saturated heterocycles. The Labute approximate surface area is 168 Å². The molecular weight excluding hydrogens is 398 g/mol. The largest absolute Gasteiger partial charge is 0.465 e. The number of ether oxygens (including phenoxy) is 1. The number of hydrogen-bond acceptors (Lipinski definition) is 7. The van der Waals surface area contributed by atoms with Crippen molar-refractivity contribution in [3.8, 4) is 0 Å². The van der Waals surface area contributed by atoms with Crippen molar-refractivity contribution >= 4 is 21.7 Å². The highest BCUT2D eigenvalue weighted by atomic mass is 32.2. The molecule has 0 saturated carbocycles. The summed E-state index contributed by atoms with van der Waals surface area (Å²) in [6.07, 6.45) is 0. The highest BCUT2D eigenvalue weighted by Crippen LogP contribution is 2.22. The monoisotopic (exact) mass is 419 g/mol. The van der Waals surface area contributed by atoms with Crippen molar-refractivity contribution in [2.24, 2.45) is 0 Å². The number of piperazine rings is 1. The molecular formula is C19H21N3O6S. The second kappa shape index (κ2) is 8.68. The predicted molar refractivity (Wildman–Crippen MR) is 105 cm³/mol. The molecule has 0 N–H and O–H groups in total. The van der Waals surface area contributed by atoms with Gasteiger partial charge in [0, 0.05) is 44.9 Å². The summed E-state index contributed by atoms with van der Waals surface area (Å²) in [4.78, 5) is 23.8. The Kier molecular flexibility index (Phi) is 6.26. The zero-order chi connectivity index (χ0) is 21.0. The molecule has 0 spiro atoms. The van der Waals surface area contributed by atoms with Crippen LogP contribution in [0.5, 0.6) is 0 Å². The van der Waals surface area contributed by atoms with Crippen LogP contribution >= 0.6 is 0 Å². The van der Waals surface area contributed by atoms with E-state index < -0.39 is 20.9 Å². The minimum absolute atomic E-state index is 0.0708. The number of methoxy groups -OCH3 is 1. The van der Waals surface area contributed by atoms with Crippen molar-refractivity contribution in [2.45, 2.75) is 11.4 Å². The van der Waals surface area contributed by atoms with E-state index in [9.17, 15) is 23.3 Å². The highest BCUT2D eigenvalue weighted by molar-refractivity contribution is 7.89. The Morgan fingerprint density at radius 2 is 1.76 bits per heavy atom. The Balaban J connectivity index is 1.62. The van der Waals surface area contributed by atoms with Gasteiger partial charge in [-0.1, -0.05) is 18.2 Å². The van der Waals surface area contributed by atoms with Crippen molar-refractivity contribution < 1.29 is 22.9 Å². The van der Waals surface area contributed by atoms with Gasteiger partial charge in [-0.3, -0.25) is 15.0 Å². The lowest BCUT2D eigenvalue weighted by Crippen LogP contribution is -2.48. The molecule has 2 aromatic carbocycles. The third-order valence-electron chi connectivity index (χ3n) is 4.78. The summed E-state index contributed by atoms with van der Waals surface area (Å²) < 4.78 is 31.6. The van der Waals surface area contributed by atoms with Gasteiger partial charge < -0.3 is 4.74 Å². The van der Waals surface area contributed by atoms with Crippen LogP contribution < -0.4 is 0 Å². The number of sulfonamides is 1. The average Bonchev–Trinajstić information content (AvgIpc) is 2.74. The molecule has 1 heterocycles. The number of nitrogens with zero attached hydrogens (tertiary/aromatic N) is 3. The van der Waals surface area contributed by atoms with Crippen molar-refractivity contribution in [1.29, 1.82) is 0 Å². The van der Waals surface area contributed by atoms with Crippen LogP contribution in [0.15, 0.2) is 53.4 Å². The molecule has 9 nitrogen and oxygen atoms in total. The van der Waals surface area contributed by atoms with Crippen LogP contribution in [0.25, 0.3) is 0 Å². The molecule has 0 bridgehead atoms. The van der Waals surface area contributed by atoms with E-state index in [0.717, 1.165) is 11.6 Å². The molecule has 154 valence electrons. The summed E-state index contributed by atoms with van der Waals surface area (Å²) in [6, 6.07) is 12.2. The van der Waals surface area contributed by atoms with E-state index in [-0.39, 0.29) is 10.6 Å². The first kappa shape index (κ1) is 20.9. The molecule has 3 rings (SSSR count). The van der Waals surface area contributed by atoms with Gasteiger partial charge >= 0.3 is 5.97 Å². The number of nitro benzene ring substituents is 1. The molecule has 0 radical (unpaired) electrons. The molecule has 0 amide bonds. The van der Waals surface area contributed by atoms with E-state index in [1.807, 2.05) is 12.1 Å². The minimum atomic E-state index is -3.78. The molecule has 1 fully saturated rings. The molecule has 1 aliphatic heterocycles. The molecule has 2 aromatic rings. The predicted octanol–water partition coefficient (Wildman–Crippen LogP) is 1.89. The van der Waals surface area contributed by atoms with Gasteiger partial charge in [-0.15, -0.1) is 0 Å². The van der Waals surface area contributed by atoms with E-state index in [1.165, 1.54) is 29.6 Å². The Morgan fingerprint density at radius 1 is 1.10 bits per heavy atom. The van der Waals surface area contributed by atoms with Gasteiger partial charge in [-0.25, -0.2) is 13.2 Å². The third kappa shape index (κ3) is 4.78. The molecule has 29 heavy (non-hydrogen) atoms. The lowest BCUT2D eigenvalue weighted by Gasteiger charge is -2.34. The summed E-state index contributed by atoms with van der Waals surface area (Å²) in [5.74, 6) is -0.392. The first-order chi connectivity index (χ1) is 13.8. The second-order valence-electron chi connectivity index (χ2n) is 6.62. The first-order valence-corrected chi connectivity index (χ1v) is 10.4. The lowest BCUT2D eigenvalue weighted by atomic mass is 10.1. The zero-order valence-electron chi connectivity index (χ0n) is 15.9. The summed E-state index contributed by atoms with van der Waals surface area (Å²) in [5.41, 5.74) is 1.23. The number of rotatable bonds is 6. The number of benzene rings is 2. The smallest absolute Gasteiger partial charge is 0.337 e. The van der Waals surface area contributed by atoms with Crippen molar-refractivity contribution in [3.05, 3.63) is 69.8 Å². The molecule has 0 atom stereocenters. The van der Waals surface area contributed by atoms with Crippen LogP contribution in [0.2, 0.25) is 0 Å². The van der Waals surface area contributed by atoms with E-state index in [1.54, 1.807) is 12.1 Å². The van der Waals surface area contributed by atoms with Gasteiger partial charge in [0.2, 0.25) is 10.0 Å². The topological polar surface area (TPSA) is 110 Å². The highest BCUT2D eigenvalue weighted by Gasteiger charge is 2.29. The van der Waals surface area contributed by atoms with Gasteiger partial charge in [-0.2, -0.15) is 4.31 Å². The standard InChI is InChI=1S/C19H21N3O6S/c1-28-19(23)16-7-5-15(6-8-16)14-20-9-11-21(12-10-20)29(26,27)18-4-2-3-17(13-18)22(24)25/h2-8,13H,9-12,14H2,1H3. The third-order valence-corrected chi connectivity index (χ3v) is 6.67. The van der Waals surface area contributed by atoms with Crippen LogP contribution in [0, 0.1) is 10.1 Å². The number of non-ortho nitro benzene ring substituents is 1. The Hall–Kier alpha value is -2.82. The number of carbonyl (C=O) groups is 1. The average molecular weight is 419 g/mol. The first-order valence-electron chi connectivity index (χ1n) is 8.95. The SMILES string of the molecule is COC(=O)c1ccc(CN2CCN(S(=O)(=O)c3cccc([N+](=O)[O-])c3)CC2)cc1.